The predicted molar refractivity (Wildman–Crippen MR) is 114 cm³/mol. The van der Waals surface area contributed by atoms with Gasteiger partial charge in [-0.25, -0.2) is 19.5 Å². The average Bonchev–Trinajstić information content (AvgIpc) is 3.30. The Labute approximate surface area is 185 Å². The molecule has 1 saturated heterocycles. The molecule has 1 unspecified atom stereocenters. The van der Waals surface area contributed by atoms with Gasteiger partial charge in [-0.15, -0.1) is 0 Å². The van der Waals surface area contributed by atoms with E-state index < -0.39 is 25.6 Å². The highest BCUT2D eigenvalue weighted by Gasteiger charge is 2.53. The first-order chi connectivity index (χ1) is 14.7. The van der Waals surface area contributed by atoms with Crippen molar-refractivity contribution in [1.29, 1.82) is 0 Å². The maximum Gasteiger partial charge on any atom is 0.167 e. The highest BCUT2D eigenvalue weighted by molar-refractivity contribution is 8.34. The summed E-state index contributed by atoms with van der Waals surface area (Å²) in [5, 5.41) is 10.4. The molecule has 2 bridgehead atoms. The van der Waals surface area contributed by atoms with E-state index in [0.29, 0.717) is 22.8 Å². The maximum absolute atomic E-state index is 12.8. The van der Waals surface area contributed by atoms with Crippen molar-refractivity contribution in [3.05, 3.63) is 24.5 Å². The van der Waals surface area contributed by atoms with Crippen LogP contribution in [0.15, 0.2) is 24.5 Å². The molecule has 3 heterocycles. The van der Waals surface area contributed by atoms with Crippen LogP contribution in [0.1, 0.15) is 39.3 Å². The minimum Gasteiger partial charge on any atom is -0.641 e. The Hall–Kier alpha value is -1.49. The number of rotatable bonds is 6. The lowest BCUT2D eigenvalue weighted by molar-refractivity contribution is -0.211. The van der Waals surface area contributed by atoms with Gasteiger partial charge in [-0.3, -0.25) is 4.57 Å². The number of anilines is 1. The van der Waals surface area contributed by atoms with Gasteiger partial charge in [0.2, 0.25) is 0 Å². The molecule has 6 atom stereocenters. The fourth-order valence-corrected chi connectivity index (χ4v) is 6.12. The topological polar surface area (TPSA) is 141 Å². The van der Waals surface area contributed by atoms with Gasteiger partial charge in [0.25, 0.3) is 0 Å². The summed E-state index contributed by atoms with van der Waals surface area (Å²) < 4.78 is 18.7. The molecule has 0 aromatic carbocycles. The van der Waals surface area contributed by atoms with Crippen LogP contribution in [-0.2, 0) is 26.0 Å². The fraction of sp³-hybridized carbons (Fsp3) is 0.632. The van der Waals surface area contributed by atoms with Crippen molar-refractivity contribution in [2.75, 3.05) is 12.3 Å². The number of nitrogens with two attached hydrogens (primary N) is 1. The summed E-state index contributed by atoms with van der Waals surface area (Å²) in [4.78, 5) is 25.1. The van der Waals surface area contributed by atoms with Crippen LogP contribution in [0.4, 0.5) is 5.82 Å². The molecule has 3 aliphatic carbocycles. The van der Waals surface area contributed by atoms with Crippen LogP contribution in [0.3, 0.4) is 0 Å². The van der Waals surface area contributed by atoms with Crippen molar-refractivity contribution < 1.29 is 23.8 Å². The van der Waals surface area contributed by atoms with Crippen molar-refractivity contribution in [3.8, 4) is 0 Å². The second kappa shape index (κ2) is 7.54. The largest absolute Gasteiger partial charge is 0.641 e. The Morgan fingerprint density at radius 3 is 2.94 bits per heavy atom. The Morgan fingerprint density at radius 2 is 2.19 bits per heavy atom. The average molecular weight is 466 g/mol. The van der Waals surface area contributed by atoms with Crippen molar-refractivity contribution in [1.82, 2.24) is 19.5 Å². The number of imidazole rings is 1. The first kappa shape index (κ1) is 21.4. The third kappa shape index (κ3) is 3.71. The van der Waals surface area contributed by atoms with E-state index in [2.05, 4.69) is 28.8 Å². The van der Waals surface area contributed by atoms with Crippen molar-refractivity contribution in [3.63, 3.8) is 0 Å². The van der Waals surface area contributed by atoms with Crippen LogP contribution in [0.2, 0.25) is 0 Å². The molecule has 0 spiro atoms. The third-order valence-corrected chi connectivity index (χ3v) is 8.37. The Morgan fingerprint density at radius 1 is 1.39 bits per heavy atom. The van der Waals surface area contributed by atoms with Crippen LogP contribution in [0.25, 0.3) is 11.2 Å². The van der Waals surface area contributed by atoms with E-state index in [1.165, 1.54) is 6.33 Å². The molecular weight excluding hydrogens is 441 g/mol. The lowest BCUT2D eigenvalue weighted by atomic mass is 9.50. The molecule has 3 N–H and O–H groups in total. The lowest BCUT2D eigenvalue weighted by Gasteiger charge is -2.55. The minimum absolute atomic E-state index is 0.123. The number of aliphatic hydroxyl groups excluding tert-OH is 1. The monoisotopic (exact) mass is 466 g/mol. The first-order valence-electron chi connectivity index (χ1n) is 10.3. The van der Waals surface area contributed by atoms with Crippen LogP contribution in [-0.4, -0.2) is 43.4 Å². The number of aromatic nitrogens is 4. The van der Waals surface area contributed by atoms with Crippen LogP contribution in [0, 0.1) is 17.3 Å². The Balaban J connectivity index is 1.22. The van der Waals surface area contributed by atoms with Gasteiger partial charge in [-0.05, 0) is 30.3 Å². The summed E-state index contributed by atoms with van der Waals surface area (Å²) in [5.41, 5.74) is 6.92. The van der Waals surface area contributed by atoms with Crippen LogP contribution >= 0.6 is 7.15 Å². The Bertz CT molecular complexity index is 1030. The van der Waals surface area contributed by atoms with Gasteiger partial charge in [0.1, 0.15) is 30.8 Å². The van der Waals surface area contributed by atoms with Gasteiger partial charge in [0.05, 0.1) is 12.4 Å². The van der Waals surface area contributed by atoms with Gasteiger partial charge in [-0.2, -0.15) is 0 Å². The van der Waals surface area contributed by atoms with Gasteiger partial charge < -0.3 is 37.2 Å². The maximum atomic E-state index is 12.8. The van der Waals surface area contributed by atoms with Gasteiger partial charge in [0.15, 0.2) is 24.4 Å². The molecule has 1 saturated carbocycles. The molecule has 4 aliphatic rings. The summed E-state index contributed by atoms with van der Waals surface area (Å²) in [5.74, 6) is 1.78. The highest BCUT2D eigenvalue weighted by Crippen LogP contribution is 2.63. The van der Waals surface area contributed by atoms with E-state index in [-0.39, 0.29) is 30.2 Å². The predicted octanol–water partition coefficient (Wildman–Crippen LogP) is 1.62. The molecule has 2 aromatic heterocycles. The highest BCUT2D eigenvalue weighted by atomic mass is 32.7. The molecule has 1 aliphatic heterocycles. The molecular formula is C19H25N5O5PS-. The molecule has 2 aromatic rings. The van der Waals surface area contributed by atoms with Gasteiger partial charge in [0, 0.05) is 12.3 Å². The summed E-state index contributed by atoms with van der Waals surface area (Å²) in [7, 11) is -3.77. The number of hydrogen-bond donors (Lipinski definition) is 2. The molecule has 10 nitrogen and oxygen atoms in total. The first-order valence-corrected chi connectivity index (χ1v) is 12.8. The second-order valence-electron chi connectivity index (χ2n) is 9.00. The number of hydrogen-bond acceptors (Lipinski definition) is 10. The summed E-state index contributed by atoms with van der Waals surface area (Å²) >= 11 is 5.12. The van der Waals surface area contributed by atoms with E-state index in [9.17, 15) is 10.00 Å². The standard InChI is InChI=1S/C19H26N5O5PS/c1-19(2)10-3-4-13(11(19)5-10)29-30(26,31)27-7-14-12(25)6-15(28-14)24-9-23-16-17(20)21-8-22-18(16)24/h4,8-12,14-15,25H,3,5-7H2,1-2H3,(H,26,31)(H2,20,21,22)/p-1/t10-,11-,12+,14-,15-,30?/m1/s1. The van der Waals surface area contributed by atoms with E-state index in [1.807, 2.05) is 6.08 Å². The number of aliphatic hydroxyl groups is 1. The van der Waals surface area contributed by atoms with Crippen molar-refractivity contribution in [2.45, 2.75) is 51.5 Å². The summed E-state index contributed by atoms with van der Waals surface area (Å²) in [6.07, 6.45) is 4.99. The van der Waals surface area contributed by atoms with Crippen molar-refractivity contribution >= 4 is 36.4 Å². The molecule has 12 heteroatoms. The number of fused-ring (bicyclic) bond motifs is 2. The number of ether oxygens (including phenoxy) is 1. The van der Waals surface area contributed by atoms with E-state index in [1.54, 1.807) is 10.9 Å². The van der Waals surface area contributed by atoms with Crippen LogP contribution in [0.5, 0.6) is 0 Å². The molecule has 31 heavy (non-hydrogen) atoms. The van der Waals surface area contributed by atoms with E-state index >= 15 is 0 Å². The normalized spacial score (nSPS) is 33.6. The zero-order valence-corrected chi connectivity index (χ0v) is 19.0. The SMILES string of the molecule is CC1(C)[C@@H]2CC=C(O[P+]([O-])([S-])OC[C@H]3O[C@@H](n4cnc5c(N)ncnc54)C[C@@H]3O)[C@H]1C2. The van der Waals surface area contributed by atoms with Crippen molar-refractivity contribution in [2.24, 2.45) is 17.3 Å². The third-order valence-electron chi connectivity index (χ3n) is 6.93. The summed E-state index contributed by atoms with van der Waals surface area (Å²) in [6.45, 7) is 4.24. The van der Waals surface area contributed by atoms with Gasteiger partial charge in [-0.1, -0.05) is 13.8 Å². The van der Waals surface area contributed by atoms with E-state index in [0.717, 1.165) is 12.8 Å². The molecule has 2 fully saturated rings. The van der Waals surface area contributed by atoms with Gasteiger partial charge >= 0.3 is 0 Å². The summed E-state index contributed by atoms with van der Waals surface area (Å²) in [6, 6.07) is 0. The minimum atomic E-state index is -3.77. The molecule has 0 amide bonds. The second-order valence-corrected chi connectivity index (χ2v) is 11.7. The molecule has 0 radical (unpaired) electrons. The number of nitrogens with zero attached hydrogens (tertiary/aromatic N) is 4. The molecule has 168 valence electrons. The van der Waals surface area contributed by atoms with E-state index in [4.69, 9.17) is 31.8 Å². The molecule has 6 rings (SSSR count). The smallest absolute Gasteiger partial charge is 0.167 e. The fourth-order valence-electron chi connectivity index (χ4n) is 4.84. The van der Waals surface area contributed by atoms with Crippen LogP contribution < -0.4 is 10.6 Å². The number of allylic oxidation sites excluding steroid dienone is 2. The Kier molecular flexibility index (Phi) is 5.19. The zero-order valence-electron chi connectivity index (χ0n) is 17.2. The zero-order chi connectivity index (χ0) is 22.0. The number of nitrogen functional groups attached to an aromatic ring is 1. The lowest BCUT2D eigenvalue weighted by Crippen LogP contribution is -2.48. The quantitative estimate of drug-likeness (QED) is 0.477.